The first-order chi connectivity index (χ1) is 6.20. The highest BCUT2D eigenvalue weighted by Crippen LogP contribution is 2.02. The molecular formula is C7H12N4O2. The molecule has 0 aromatic heterocycles. The van der Waals surface area contributed by atoms with E-state index < -0.39 is 0 Å². The monoisotopic (exact) mass is 184 g/mol. The van der Waals surface area contributed by atoms with Crippen molar-refractivity contribution in [1.82, 2.24) is 20.9 Å². The van der Waals surface area contributed by atoms with Crippen molar-refractivity contribution in [3.63, 3.8) is 0 Å². The van der Waals surface area contributed by atoms with E-state index in [4.69, 9.17) is 0 Å². The highest BCUT2D eigenvalue weighted by Gasteiger charge is 2.21. The van der Waals surface area contributed by atoms with E-state index in [2.05, 4.69) is 16.0 Å². The van der Waals surface area contributed by atoms with E-state index in [0.717, 1.165) is 4.90 Å². The molecule has 0 aromatic rings. The van der Waals surface area contributed by atoms with Crippen LogP contribution in [0.15, 0.2) is 11.5 Å². The largest absolute Gasteiger partial charge is 0.373 e. The Labute approximate surface area is 76.0 Å². The quantitative estimate of drug-likeness (QED) is 0.449. The van der Waals surface area contributed by atoms with E-state index in [9.17, 15) is 9.59 Å². The zero-order valence-corrected chi connectivity index (χ0v) is 7.55. The maximum Gasteiger partial charge on any atom is 0.279 e. The molecule has 72 valence electrons. The van der Waals surface area contributed by atoms with Crippen molar-refractivity contribution >= 4 is 12.3 Å². The molecule has 6 nitrogen and oxygen atoms in total. The van der Waals surface area contributed by atoms with Crippen LogP contribution in [-0.2, 0) is 9.59 Å². The summed E-state index contributed by atoms with van der Waals surface area (Å²) >= 11 is 0. The maximum absolute atomic E-state index is 11.4. The Bertz CT molecular complexity index is 261. The Morgan fingerprint density at radius 1 is 1.62 bits per heavy atom. The van der Waals surface area contributed by atoms with Gasteiger partial charge in [0, 0.05) is 14.1 Å². The molecule has 1 aliphatic rings. The number of nitrogens with one attached hydrogen (secondary N) is 3. The molecule has 0 radical (unpaired) electrons. The third kappa shape index (κ3) is 1.71. The van der Waals surface area contributed by atoms with Crippen LogP contribution in [0, 0.1) is 0 Å². The number of amides is 2. The van der Waals surface area contributed by atoms with Crippen LogP contribution in [0.3, 0.4) is 0 Å². The second kappa shape index (κ2) is 3.79. The summed E-state index contributed by atoms with van der Waals surface area (Å²) in [5.41, 5.74) is 0.386. The molecule has 1 rings (SSSR count). The van der Waals surface area contributed by atoms with Gasteiger partial charge in [0.2, 0.25) is 6.41 Å². The number of carbonyl (C=O) groups excluding carboxylic acids is 2. The standard InChI is InChI=1S/C7H12N4O2/c1-8-6-5(9-3-10-6)7(13)11(2)4-12/h4,8-10H,3H2,1-2H3. The molecule has 1 heterocycles. The zero-order chi connectivity index (χ0) is 9.84. The molecule has 0 atom stereocenters. The second-order valence-corrected chi connectivity index (χ2v) is 2.55. The van der Waals surface area contributed by atoms with Crippen LogP contribution >= 0.6 is 0 Å². The summed E-state index contributed by atoms with van der Waals surface area (Å²) in [6.45, 7) is 0.490. The first kappa shape index (κ1) is 9.37. The zero-order valence-electron chi connectivity index (χ0n) is 7.55. The third-order valence-corrected chi connectivity index (χ3v) is 1.72. The molecule has 1 aliphatic heterocycles. The van der Waals surface area contributed by atoms with Gasteiger partial charge in [0.05, 0.1) is 6.67 Å². The van der Waals surface area contributed by atoms with Crippen molar-refractivity contribution in [3.8, 4) is 0 Å². The van der Waals surface area contributed by atoms with Crippen molar-refractivity contribution in [2.24, 2.45) is 0 Å². The Morgan fingerprint density at radius 2 is 2.31 bits per heavy atom. The summed E-state index contributed by atoms with van der Waals surface area (Å²) in [6.07, 6.45) is 0.475. The van der Waals surface area contributed by atoms with Crippen molar-refractivity contribution in [3.05, 3.63) is 11.5 Å². The molecular weight excluding hydrogens is 172 g/mol. The topological polar surface area (TPSA) is 73.5 Å². The minimum absolute atomic E-state index is 0.357. The van der Waals surface area contributed by atoms with Gasteiger partial charge in [-0.1, -0.05) is 0 Å². The van der Waals surface area contributed by atoms with Crippen molar-refractivity contribution in [2.75, 3.05) is 20.8 Å². The fourth-order valence-electron chi connectivity index (χ4n) is 1.02. The van der Waals surface area contributed by atoms with E-state index in [-0.39, 0.29) is 5.91 Å². The molecule has 0 saturated carbocycles. The Morgan fingerprint density at radius 3 is 2.85 bits per heavy atom. The minimum Gasteiger partial charge on any atom is -0.373 e. The first-order valence-electron chi connectivity index (χ1n) is 3.83. The van der Waals surface area contributed by atoms with E-state index in [1.54, 1.807) is 7.05 Å². The number of likely N-dealkylation sites (N-methyl/N-ethyl adjacent to an activating group) is 1. The molecule has 0 aliphatic carbocycles. The van der Waals surface area contributed by atoms with Crippen LogP contribution in [0.4, 0.5) is 0 Å². The van der Waals surface area contributed by atoms with E-state index in [0.29, 0.717) is 24.6 Å². The summed E-state index contributed by atoms with van der Waals surface area (Å²) in [5.74, 6) is 0.253. The fraction of sp³-hybridized carbons (Fsp3) is 0.429. The highest BCUT2D eigenvalue weighted by molar-refractivity contribution is 5.99. The summed E-state index contributed by atoms with van der Waals surface area (Å²) < 4.78 is 0. The molecule has 13 heavy (non-hydrogen) atoms. The molecule has 3 N–H and O–H groups in total. The van der Waals surface area contributed by atoms with Gasteiger partial charge in [-0.25, -0.2) is 0 Å². The summed E-state index contributed by atoms with van der Waals surface area (Å²) in [7, 11) is 3.11. The van der Waals surface area contributed by atoms with Crippen LogP contribution in [0.5, 0.6) is 0 Å². The van der Waals surface area contributed by atoms with Gasteiger partial charge in [-0.3, -0.25) is 14.5 Å². The number of imide groups is 1. The van der Waals surface area contributed by atoms with Crippen molar-refractivity contribution in [1.29, 1.82) is 0 Å². The maximum atomic E-state index is 11.4. The summed E-state index contributed by atoms with van der Waals surface area (Å²) in [5, 5.41) is 8.56. The highest BCUT2D eigenvalue weighted by atomic mass is 16.2. The molecule has 0 aromatic carbocycles. The van der Waals surface area contributed by atoms with Gasteiger partial charge in [0.1, 0.15) is 11.5 Å². The Balaban J connectivity index is 2.81. The van der Waals surface area contributed by atoms with Crippen LogP contribution in [0.25, 0.3) is 0 Å². The van der Waals surface area contributed by atoms with Gasteiger partial charge >= 0.3 is 0 Å². The van der Waals surface area contributed by atoms with Crippen molar-refractivity contribution < 1.29 is 9.59 Å². The number of carbonyl (C=O) groups is 2. The normalized spacial score (nSPS) is 14.6. The van der Waals surface area contributed by atoms with Gasteiger partial charge in [0.25, 0.3) is 5.91 Å². The smallest absolute Gasteiger partial charge is 0.279 e. The van der Waals surface area contributed by atoms with Gasteiger partial charge in [-0.15, -0.1) is 0 Å². The van der Waals surface area contributed by atoms with Crippen molar-refractivity contribution in [2.45, 2.75) is 0 Å². The lowest BCUT2D eigenvalue weighted by Gasteiger charge is -2.10. The summed E-state index contributed by atoms with van der Waals surface area (Å²) in [6, 6.07) is 0. The lowest BCUT2D eigenvalue weighted by atomic mass is 10.4. The number of hydrogen-bond donors (Lipinski definition) is 3. The van der Waals surface area contributed by atoms with Gasteiger partial charge in [0.15, 0.2) is 0 Å². The van der Waals surface area contributed by atoms with Crippen LogP contribution < -0.4 is 16.0 Å². The van der Waals surface area contributed by atoms with Gasteiger partial charge < -0.3 is 16.0 Å². The molecule has 0 bridgehead atoms. The molecule has 2 amide bonds. The SMILES string of the molecule is CNC1=C(C(=O)N(C)C=O)NCN1. The van der Waals surface area contributed by atoms with E-state index in [1.165, 1.54) is 7.05 Å². The second-order valence-electron chi connectivity index (χ2n) is 2.55. The number of nitrogens with zero attached hydrogens (tertiary/aromatic N) is 1. The van der Waals surface area contributed by atoms with Gasteiger partial charge in [-0.2, -0.15) is 0 Å². The van der Waals surface area contributed by atoms with Crippen LogP contribution in [0.2, 0.25) is 0 Å². The molecule has 0 spiro atoms. The molecule has 0 fully saturated rings. The minimum atomic E-state index is -0.357. The average molecular weight is 184 g/mol. The lowest BCUT2D eigenvalue weighted by Crippen LogP contribution is -2.32. The first-order valence-corrected chi connectivity index (χ1v) is 3.83. The lowest BCUT2D eigenvalue weighted by molar-refractivity contribution is -0.133. The predicted molar refractivity (Wildman–Crippen MR) is 46.1 cm³/mol. The average Bonchev–Trinajstić information content (AvgIpc) is 2.62. The number of rotatable bonds is 3. The Hall–Kier alpha value is -1.72. The van der Waals surface area contributed by atoms with E-state index in [1.807, 2.05) is 0 Å². The predicted octanol–water partition coefficient (Wildman–Crippen LogP) is -1.86. The Kier molecular flexibility index (Phi) is 2.73. The number of hydrogen-bond acceptors (Lipinski definition) is 5. The third-order valence-electron chi connectivity index (χ3n) is 1.72. The van der Waals surface area contributed by atoms with Gasteiger partial charge in [-0.05, 0) is 0 Å². The summed E-state index contributed by atoms with van der Waals surface area (Å²) in [4.78, 5) is 22.7. The molecule has 6 heteroatoms. The fourth-order valence-corrected chi connectivity index (χ4v) is 1.02. The molecule has 0 saturated heterocycles. The van der Waals surface area contributed by atoms with Crippen LogP contribution in [0.1, 0.15) is 0 Å². The van der Waals surface area contributed by atoms with E-state index >= 15 is 0 Å². The van der Waals surface area contributed by atoms with Crippen LogP contribution in [-0.4, -0.2) is 38.0 Å². The molecule has 0 unspecified atom stereocenters.